The maximum Gasteiger partial charge on any atom is 0.118 e. The van der Waals surface area contributed by atoms with Crippen molar-refractivity contribution in [3.8, 4) is 0 Å². The van der Waals surface area contributed by atoms with Crippen molar-refractivity contribution in [2.75, 3.05) is 198 Å². The van der Waals surface area contributed by atoms with Crippen molar-refractivity contribution in [1.82, 2.24) is 63.7 Å². The Balaban J connectivity index is -0.000000111. The Bertz CT molecular complexity index is 2470. The largest absolute Gasteiger partial charge is 0.378 e. The summed E-state index contributed by atoms with van der Waals surface area (Å²) in [6.45, 7) is 96.1. The van der Waals surface area contributed by atoms with Gasteiger partial charge in [-0.3, -0.25) is 14.0 Å². The van der Waals surface area contributed by atoms with Gasteiger partial charge >= 0.3 is 0 Å². The van der Waals surface area contributed by atoms with E-state index < -0.39 is 9.52 Å². The number of morpholine rings is 1. The number of rotatable bonds is 0. The zero-order chi connectivity index (χ0) is 91.5. The molecule has 20 heteroatoms. The van der Waals surface area contributed by atoms with E-state index in [1.54, 1.807) is 11.8 Å². The van der Waals surface area contributed by atoms with Crippen LogP contribution in [-0.4, -0.2) is 278 Å². The first-order valence-corrected chi connectivity index (χ1v) is 49.0. The highest BCUT2D eigenvalue weighted by atomic mass is 32.2. The quantitative estimate of drug-likeness (QED) is 0.170. The summed E-state index contributed by atoms with van der Waals surface area (Å²) in [5, 5.41) is 1.17. The normalized spacial score (nSPS) is 19.5. The Morgan fingerprint density at radius 3 is 1.18 bits per heavy atom. The number of hydrogen-bond acceptors (Lipinski definition) is 18. The Morgan fingerprint density at radius 1 is 0.395 bits per heavy atom. The first-order chi connectivity index (χ1) is 54.2. The van der Waals surface area contributed by atoms with Crippen LogP contribution in [0.25, 0.3) is 0 Å². The van der Waals surface area contributed by atoms with Gasteiger partial charge in [-0.05, 0) is 105 Å². The van der Waals surface area contributed by atoms with Crippen molar-refractivity contribution in [2.24, 2.45) is 0 Å². The van der Waals surface area contributed by atoms with Gasteiger partial charge in [0, 0.05) is 191 Å². The third-order valence-electron chi connectivity index (χ3n) is 16.3. The topological polar surface area (TPSA) is 77.6 Å². The first-order valence-electron chi connectivity index (χ1n) is 43.1. The Labute approximate surface area is 726 Å². The average molecular weight is 1680 g/mol. The Kier molecular flexibility index (Phi) is 108. The number of hydrogen-bond donors (Lipinski definition) is 0. The number of piperidine rings is 1. The molecule has 11 aliphatic rings. The molecule has 16 nitrogen and oxygen atoms in total. The number of likely N-dealkylation sites (N-methyl/N-ethyl adjacent to an activating group) is 2. The highest BCUT2D eigenvalue weighted by Gasteiger charge is 2.18. The average Bonchev–Trinajstić information content (AvgIpc) is 1.01. The lowest BCUT2D eigenvalue weighted by Gasteiger charge is -2.33. The van der Waals surface area contributed by atoms with Gasteiger partial charge in [0.15, 0.2) is 0 Å². The van der Waals surface area contributed by atoms with Crippen LogP contribution >= 0.6 is 34.0 Å². The number of nitrogens with zero attached hydrogens (tertiary/aromatic N) is 13. The van der Waals surface area contributed by atoms with Gasteiger partial charge in [0.1, 0.15) is 6.73 Å². The van der Waals surface area contributed by atoms with Crippen LogP contribution in [-0.2, 0) is 19.0 Å². The molecule has 8 fully saturated rings. The molecule has 0 spiro atoms. The SMILES string of the molecule is C=C1CC=CCN1C.C=C1CC=CN1C.C=C1CCC=CN1C.C=C1CCCCN1C.C=C1CCN(C)CN1C.C=C1CCOCN1C.C=C1CCS(=C)(=O)CN1C.C=C1CCS(=C)CN1C.C=C1CCSCN1C.C=C1COCCN1C.C=C1SCN(C)CN1C.CC.CC.CC.CC.CC.CC.CC.CC.CC.CC.CC. The summed E-state index contributed by atoms with van der Waals surface area (Å²) in [5.41, 5.74) is 12.0. The lowest BCUT2D eigenvalue weighted by Crippen LogP contribution is -2.38. The Hall–Kier alpha value is -5.06. The van der Waals surface area contributed by atoms with Crippen molar-refractivity contribution in [3.05, 3.63) is 171 Å². The van der Waals surface area contributed by atoms with Crippen molar-refractivity contribution in [1.29, 1.82) is 0 Å². The molecule has 0 aromatic carbocycles. The summed E-state index contributed by atoms with van der Waals surface area (Å²) >= 11 is 3.76. The van der Waals surface area contributed by atoms with Gasteiger partial charge in [0.05, 0.1) is 61.7 Å². The van der Waals surface area contributed by atoms with E-state index in [4.69, 9.17) is 9.47 Å². The van der Waals surface area contributed by atoms with Gasteiger partial charge in [0.25, 0.3) is 0 Å². The molecule has 2 atom stereocenters. The smallest absolute Gasteiger partial charge is 0.118 e. The van der Waals surface area contributed by atoms with Crippen LogP contribution < -0.4 is 0 Å². The second-order valence-corrected chi connectivity index (χ2v) is 31.5. The molecule has 0 aromatic heterocycles. The van der Waals surface area contributed by atoms with Crippen molar-refractivity contribution in [3.63, 3.8) is 0 Å². The van der Waals surface area contributed by atoms with Gasteiger partial charge in [-0.1, -0.05) is 267 Å². The Morgan fingerprint density at radius 2 is 0.877 bits per heavy atom. The monoisotopic (exact) mass is 1680 g/mol. The van der Waals surface area contributed by atoms with Crippen LogP contribution in [0.5, 0.6) is 0 Å². The summed E-state index contributed by atoms with van der Waals surface area (Å²) in [4.78, 5) is 27.8. The van der Waals surface area contributed by atoms with Gasteiger partial charge in [-0.2, -0.15) is 10.5 Å². The summed E-state index contributed by atoms with van der Waals surface area (Å²) in [6, 6.07) is 0. The fraction of sp³-hybridized carbons (Fsp3) is 0.681. The molecular formula is C94H195N13O3S4. The summed E-state index contributed by atoms with van der Waals surface area (Å²) in [5.74, 6) is 14.8. The van der Waals surface area contributed by atoms with E-state index in [0.717, 1.165) is 127 Å². The third-order valence-corrected chi connectivity index (χ3v) is 21.9. The van der Waals surface area contributed by atoms with Crippen LogP contribution in [0, 0.1) is 0 Å². The van der Waals surface area contributed by atoms with Gasteiger partial charge in [0.2, 0.25) is 0 Å². The molecule has 0 saturated carbocycles. The number of thioether (sulfide) groups is 2. The molecule has 8 saturated heterocycles. The minimum Gasteiger partial charge on any atom is -0.378 e. The predicted molar refractivity (Wildman–Crippen MR) is 539 cm³/mol. The van der Waals surface area contributed by atoms with E-state index in [1.807, 2.05) is 220 Å². The number of allylic oxidation sites excluding steroid dienone is 8. The second-order valence-electron chi connectivity index (χ2n) is 24.9. The minimum atomic E-state index is -1.80. The van der Waals surface area contributed by atoms with Crippen molar-refractivity contribution >= 4 is 55.3 Å². The molecule has 0 aromatic rings. The lowest BCUT2D eigenvalue weighted by atomic mass is 10.1. The molecule has 0 amide bonds. The molecule has 0 radical (unpaired) electrons. The van der Waals surface area contributed by atoms with Crippen LogP contribution in [0.4, 0.5) is 0 Å². The maximum absolute atomic E-state index is 11.4. The van der Waals surface area contributed by atoms with E-state index in [-0.39, 0.29) is 0 Å². The first kappa shape index (κ1) is 132. The highest BCUT2D eigenvalue weighted by molar-refractivity contribution is 8.14. The fourth-order valence-corrected chi connectivity index (χ4v) is 13.5. The van der Waals surface area contributed by atoms with E-state index in [0.29, 0.717) is 35.5 Å². The van der Waals surface area contributed by atoms with E-state index in [2.05, 4.69) is 220 Å². The molecule has 0 aliphatic carbocycles. The summed E-state index contributed by atoms with van der Waals surface area (Å²) < 4.78 is 21.6. The van der Waals surface area contributed by atoms with E-state index in [9.17, 15) is 4.21 Å². The molecule has 0 N–H and O–H groups in total. The number of likely N-dealkylation sites (tertiary alicyclic amines) is 1. The van der Waals surface area contributed by atoms with Crippen LogP contribution in [0.2, 0.25) is 0 Å². The summed E-state index contributed by atoms with van der Waals surface area (Å²) in [7, 11) is 25.3. The van der Waals surface area contributed by atoms with Crippen LogP contribution in [0.1, 0.15) is 229 Å². The van der Waals surface area contributed by atoms with Crippen molar-refractivity contribution < 1.29 is 13.7 Å². The fourth-order valence-electron chi connectivity index (χ4n) is 8.84. The maximum atomic E-state index is 11.4. The van der Waals surface area contributed by atoms with Gasteiger partial charge in [-0.15, -0.1) is 11.8 Å². The second kappa shape index (κ2) is 93.4. The molecule has 114 heavy (non-hydrogen) atoms. The van der Waals surface area contributed by atoms with E-state index in [1.165, 1.54) is 94.3 Å². The minimum absolute atomic E-state index is 0.374. The van der Waals surface area contributed by atoms with Crippen molar-refractivity contribution in [2.45, 2.75) is 229 Å². The molecule has 0 bridgehead atoms. The third kappa shape index (κ3) is 76.9. The molecule has 11 rings (SSSR count). The predicted octanol–water partition coefficient (Wildman–Crippen LogP) is 23.9. The molecule has 678 valence electrons. The van der Waals surface area contributed by atoms with Crippen LogP contribution in [0.3, 0.4) is 0 Å². The highest BCUT2D eigenvalue weighted by Crippen LogP contribution is 2.25. The van der Waals surface area contributed by atoms with Crippen LogP contribution in [0.15, 0.2) is 171 Å². The molecule has 11 aliphatic heterocycles. The van der Waals surface area contributed by atoms with Gasteiger partial charge in [-0.25, -0.2) is 0 Å². The number of ether oxygens (including phenoxy) is 2. The van der Waals surface area contributed by atoms with Gasteiger partial charge < -0.3 is 63.4 Å². The van der Waals surface area contributed by atoms with E-state index >= 15 is 0 Å². The molecular weight excluding hydrogens is 1490 g/mol. The molecule has 11 heterocycles. The zero-order valence-corrected chi connectivity index (χ0v) is 85.6. The zero-order valence-electron chi connectivity index (χ0n) is 82.3. The lowest BCUT2D eigenvalue weighted by molar-refractivity contribution is 0.0277. The standard InChI is InChI=1S/C7H14N2.C7H13NOS.C7H13NS.C7H13N.2C7H11N.C6H12N2S.2C6H11NO.C6H11NS.C6H9N.11C2H6/c1-7-4-5-8(2)6-9(7)3;1-7-4-5-10(3,9)6-8(7)2;1-7-4-5-9(3)6-8(7)2;3*1-7-5-3-4-6-8(7)2;1-6-8(3)4-7(2)5-9-6;1-6-5-8-4-3-7(6)2;2*1-6-3-4-8-5-7(6)2;1-6-4-3-5-7(6)2;11*1-2/h1,4-6H2,2-3H3;1,3-6H2,2H3;1,3-6H2,2H3;1,3-6H2,2H3;4,6H,1,3,5H2,2H3;3-4H,1,5-6H2,2H3;1,4-5H2,2-3H3;3*1,3-5H2,2H3;3,5H,1,4H2,2H3;11*1-2H3. The summed E-state index contributed by atoms with van der Waals surface area (Å²) in [6.07, 6.45) is 26.1. The molecule has 2 unspecified atom stereocenters.